The monoisotopic (exact) mass is 289 g/mol. The Balaban J connectivity index is 2.05. The average Bonchev–Trinajstić information content (AvgIpc) is 2.89. The van der Waals surface area contributed by atoms with E-state index in [2.05, 4.69) is 10.2 Å². The lowest BCUT2D eigenvalue weighted by molar-refractivity contribution is -0.200. The highest BCUT2D eigenvalue weighted by Crippen LogP contribution is 2.42. The van der Waals surface area contributed by atoms with Crippen LogP contribution in [0.1, 0.15) is 31.2 Å². The van der Waals surface area contributed by atoms with Crippen molar-refractivity contribution in [3.8, 4) is 0 Å². The molecule has 1 aliphatic rings. The maximum Gasteiger partial charge on any atom is 0.392 e. The highest BCUT2D eigenvalue weighted by Gasteiger charge is 2.48. The van der Waals surface area contributed by atoms with Crippen LogP contribution in [0.25, 0.3) is 0 Å². The standard InChI is InChI=1S/C13H18F3N3O/c1-19(8-9-6-17-18-7-9)12(20)10-4-2-3-5-11(10)13(14,15)16/h6-7,10-11H,2-5,8H2,1H3,(H,17,18). The molecular weight excluding hydrogens is 271 g/mol. The van der Waals surface area contributed by atoms with Gasteiger partial charge in [-0.3, -0.25) is 9.89 Å². The van der Waals surface area contributed by atoms with E-state index in [-0.39, 0.29) is 13.0 Å². The maximum atomic E-state index is 13.0. The first kappa shape index (κ1) is 14.9. The Morgan fingerprint density at radius 1 is 1.45 bits per heavy atom. The maximum absolute atomic E-state index is 13.0. The predicted molar refractivity (Wildman–Crippen MR) is 66.6 cm³/mol. The first-order valence-corrected chi connectivity index (χ1v) is 6.69. The Morgan fingerprint density at radius 3 is 2.75 bits per heavy atom. The summed E-state index contributed by atoms with van der Waals surface area (Å²) in [5, 5.41) is 6.38. The van der Waals surface area contributed by atoms with E-state index in [1.54, 1.807) is 12.4 Å². The van der Waals surface area contributed by atoms with Crippen LogP contribution in [0.4, 0.5) is 13.2 Å². The topological polar surface area (TPSA) is 49.0 Å². The Bertz CT molecular complexity index is 444. The van der Waals surface area contributed by atoms with E-state index < -0.39 is 23.9 Å². The molecule has 1 fully saturated rings. The van der Waals surface area contributed by atoms with Gasteiger partial charge in [-0.1, -0.05) is 12.8 Å². The molecule has 1 heterocycles. The summed E-state index contributed by atoms with van der Waals surface area (Å²) in [6, 6.07) is 0. The van der Waals surface area contributed by atoms with Gasteiger partial charge in [-0.05, 0) is 12.8 Å². The van der Waals surface area contributed by atoms with Gasteiger partial charge in [0, 0.05) is 31.3 Å². The van der Waals surface area contributed by atoms with Crippen molar-refractivity contribution in [2.24, 2.45) is 11.8 Å². The lowest BCUT2D eigenvalue weighted by Crippen LogP contribution is -2.43. The number of carbonyl (C=O) groups excluding carboxylic acids is 1. The summed E-state index contributed by atoms with van der Waals surface area (Å²) in [6.45, 7) is 0.274. The molecule has 112 valence electrons. The van der Waals surface area contributed by atoms with Crippen molar-refractivity contribution >= 4 is 5.91 Å². The van der Waals surface area contributed by atoms with Crippen LogP contribution in [0.15, 0.2) is 12.4 Å². The second kappa shape index (κ2) is 5.85. The van der Waals surface area contributed by atoms with Crippen molar-refractivity contribution in [3.05, 3.63) is 18.0 Å². The van der Waals surface area contributed by atoms with Gasteiger partial charge in [0.05, 0.1) is 12.1 Å². The Hall–Kier alpha value is -1.53. The van der Waals surface area contributed by atoms with Crippen molar-refractivity contribution in [1.29, 1.82) is 0 Å². The SMILES string of the molecule is CN(Cc1cn[nH]c1)C(=O)C1CCCCC1C(F)(F)F. The molecule has 2 rings (SSSR count). The molecule has 0 aromatic carbocycles. The van der Waals surface area contributed by atoms with E-state index in [1.165, 1.54) is 11.9 Å². The van der Waals surface area contributed by atoms with Crippen molar-refractivity contribution in [2.45, 2.75) is 38.4 Å². The summed E-state index contributed by atoms with van der Waals surface area (Å²) in [5.41, 5.74) is 0.778. The molecular formula is C13H18F3N3O. The fourth-order valence-corrected chi connectivity index (χ4v) is 2.82. The van der Waals surface area contributed by atoms with E-state index >= 15 is 0 Å². The third-order valence-corrected chi connectivity index (χ3v) is 3.85. The molecule has 1 saturated carbocycles. The fourth-order valence-electron chi connectivity index (χ4n) is 2.82. The van der Waals surface area contributed by atoms with Gasteiger partial charge in [-0.25, -0.2) is 0 Å². The second-order valence-corrected chi connectivity index (χ2v) is 5.34. The van der Waals surface area contributed by atoms with E-state index in [0.29, 0.717) is 19.3 Å². The molecule has 0 spiro atoms. The molecule has 7 heteroatoms. The summed E-state index contributed by atoms with van der Waals surface area (Å²) in [7, 11) is 1.54. The van der Waals surface area contributed by atoms with Crippen molar-refractivity contribution in [2.75, 3.05) is 7.05 Å². The van der Waals surface area contributed by atoms with Crippen LogP contribution in [0.5, 0.6) is 0 Å². The number of halogens is 3. The molecule has 2 unspecified atom stereocenters. The van der Waals surface area contributed by atoms with Crippen LogP contribution in [0.2, 0.25) is 0 Å². The quantitative estimate of drug-likeness (QED) is 0.930. The minimum atomic E-state index is -4.29. The zero-order chi connectivity index (χ0) is 14.8. The van der Waals surface area contributed by atoms with Gasteiger partial charge in [0.15, 0.2) is 0 Å². The molecule has 0 bridgehead atoms. The minimum Gasteiger partial charge on any atom is -0.341 e. The van der Waals surface area contributed by atoms with Gasteiger partial charge in [-0.2, -0.15) is 18.3 Å². The van der Waals surface area contributed by atoms with Gasteiger partial charge in [-0.15, -0.1) is 0 Å². The number of alkyl halides is 3. The van der Waals surface area contributed by atoms with E-state index in [4.69, 9.17) is 0 Å². The lowest BCUT2D eigenvalue weighted by atomic mass is 9.78. The van der Waals surface area contributed by atoms with E-state index in [0.717, 1.165) is 5.56 Å². The molecule has 0 radical (unpaired) electrons. The molecule has 1 aliphatic carbocycles. The molecule has 1 amide bonds. The van der Waals surface area contributed by atoms with Crippen LogP contribution in [-0.4, -0.2) is 34.2 Å². The molecule has 4 nitrogen and oxygen atoms in total. The van der Waals surface area contributed by atoms with Gasteiger partial charge in [0.2, 0.25) is 5.91 Å². The summed E-state index contributed by atoms with van der Waals surface area (Å²) in [5.74, 6) is -2.87. The number of H-pyrrole nitrogens is 1. The first-order valence-electron chi connectivity index (χ1n) is 6.69. The van der Waals surface area contributed by atoms with Crippen molar-refractivity contribution in [3.63, 3.8) is 0 Å². The molecule has 20 heavy (non-hydrogen) atoms. The summed E-state index contributed by atoms with van der Waals surface area (Å²) >= 11 is 0. The zero-order valence-electron chi connectivity index (χ0n) is 11.3. The molecule has 0 aliphatic heterocycles. The first-order chi connectivity index (χ1) is 9.39. The number of carbonyl (C=O) groups is 1. The third kappa shape index (κ3) is 3.32. The van der Waals surface area contributed by atoms with Gasteiger partial charge < -0.3 is 4.90 Å². The lowest BCUT2D eigenvalue weighted by Gasteiger charge is -2.34. The number of hydrogen-bond donors (Lipinski definition) is 1. The number of nitrogens with zero attached hydrogens (tertiary/aromatic N) is 2. The Kier molecular flexibility index (Phi) is 4.35. The van der Waals surface area contributed by atoms with Crippen molar-refractivity contribution < 1.29 is 18.0 Å². The van der Waals surface area contributed by atoms with Crippen LogP contribution < -0.4 is 0 Å². The number of rotatable bonds is 3. The van der Waals surface area contributed by atoms with E-state index in [9.17, 15) is 18.0 Å². The number of amides is 1. The largest absolute Gasteiger partial charge is 0.392 e. The zero-order valence-corrected chi connectivity index (χ0v) is 11.3. The number of aromatic amines is 1. The highest BCUT2D eigenvalue weighted by atomic mass is 19.4. The number of nitrogens with one attached hydrogen (secondary N) is 1. The predicted octanol–water partition coefficient (Wildman–Crippen LogP) is 2.74. The summed E-state index contributed by atoms with van der Waals surface area (Å²) < 4.78 is 39.0. The van der Waals surface area contributed by atoms with Crippen LogP contribution in [0, 0.1) is 11.8 Å². The highest BCUT2D eigenvalue weighted by molar-refractivity contribution is 5.79. The number of hydrogen-bond acceptors (Lipinski definition) is 2. The average molecular weight is 289 g/mol. The van der Waals surface area contributed by atoms with Crippen molar-refractivity contribution in [1.82, 2.24) is 15.1 Å². The van der Waals surface area contributed by atoms with Gasteiger partial charge in [0.25, 0.3) is 0 Å². The molecule has 1 aromatic rings. The third-order valence-electron chi connectivity index (χ3n) is 3.85. The normalized spacial score (nSPS) is 23.6. The van der Waals surface area contributed by atoms with E-state index in [1.807, 2.05) is 0 Å². The van der Waals surface area contributed by atoms with Crippen LogP contribution >= 0.6 is 0 Å². The molecule has 0 saturated heterocycles. The Morgan fingerprint density at radius 2 is 2.15 bits per heavy atom. The second-order valence-electron chi connectivity index (χ2n) is 5.34. The minimum absolute atomic E-state index is 0.0550. The summed E-state index contributed by atoms with van der Waals surface area (Å²) in [6.07, 6.45) is 0.495. The molecule has 1 aromatic heterocycles. The number of aromatic nitrogens is 2. The van der Waals surface area contributed by atoms with Gasteiger partial charge >= 0.3 is 6.18 Å². The smallest absolute Gasteiger partial charge is 0.341 e. The summed E-state index contributed by atoms with van der Waals surface area (Å²) in [4.78, 5) is 13.6. The van der Waals surface area contributed by atoms with Crippen LogP contribution in [-0.2, 0) is 11.3 Å². The van der Waals surface area contributed by atoms with Gasteiger partial charge in [0.1, 0.15) is 0 Å². The Labute approximate surface area is 115 Å². The van der Waals surface area contributed by atoms with Crippen LogP contribution in [0.3, 0.4) is 0 Å². The fraction of sp³-hybridized carbons (Fsp3) is 0.692. The molecule has 1 N–H and O–H groups in total. The molecule has 2 atom stereocenters.